The minimum Gasteiger partial charge on any atom is -0.483 e. The third kappa shape index (κ3) is 5.08. The van der Waals surface area contributed by atoms with Crippen molar-refractivity contribution in [2.45, 2.75) is 32.9 Å². The average Bonchev–Trinajstić information content (AvgIpc) is 2.57. The number of primary amides is 1. The number of carbonyl (C=O) groups excluding carboxylic acids is 2. The largest absolute Gasteiger partial charge is 0.483 e. The molecule has 2 aromatic rings. The highest BCUT2D eigenvalue weighted by molar-refractivity contribution is 5.95. The van der Waals surface area contributed by atoms with Crippen molar-refractivity contribution in [2.75, 3.05) is 6.61 Å². The molecule has 0 fully saturated rings. The highest BCUT2D eigenvalue weighted by Gasteiger charge is 2.27. The van der Waals surface area contributed by atoms with Crippen LogP contribution in [0.1, 0.15) is 36.7 Å². The maximum absolute atomic E-state index is 12.7. The Morgan fingerprint density at radius 3 is 2.20 bits per heavy atom. The van der Waals surface area contributed by atoms with Gasteiger partial charge < -0.3 is 15.4 Å². The summed E-state index contributed by atoms with van der Waals surface area (Å²) >= 11 is 0. The molecular formula is C20H24N2O3. The second-order valence-electron chi connectivity index (χ2n) is 6.79. The van der Waals surface area contributed by atoms with Crippen LogP contribution in [-0.2, 0) is 11.3 Å². The van der Waals surface area contributed by atoms with E-state index >= 15 is 0 Å². The minimum atomic E-state index is -0.583. The number of rotatable bonds is 6. The molecule has 0 aliphatic heterocycles. The molecule has 0 aliphatic carbocycles. The fourth-order valence-electron chi connectivity index (χ4n) is 2.48. The van der Waals surface area contributed by atoms with E-state index in [0.29, 0.717) is 12.3 Å². The van der Waals surface area contributed by atoms with Gasteiger partial charge in [-0.15, -0.1) is 0 Å². The summed E-state index contributed by atoms with van der Waals surface area (Å²) in [5, 5.41) is 0. The fourth-order valence-corrected chi connectivity index (χ4v) is 2.48. The van der Waals surface area contributed by atoms with Gasteiger partial charge in [0.2, 0.25) is 0 Å². The zero-order valence-corrected chi connectivity index (χ0v) is 14.9. The number of amides is 2. The van der Waals surface area contributed by atoms with Crippen molar-refractivity contribution in [1.82, 2.24) is 4.90 Å². The van der Waals surface area contributed by atoms with Gasteiger partial charge in [-0.2, -0.15) is 0 Å². The number of ether oxygens (including phenoxy) is 1. The van der Waals surface area contributed by atoms with Crippen LogP contribution < -0.4 is 10.5 Å². The number of hydrogen-bond donors (Lipinski definition) is 1. The third-order valence-electron chi connectivity index (χ3n) is 3.80. The summed E-state index contributed by atoms with van der Waals surface area (Å²) in [5.74, 6) is -0.424. The summed E-state index contributed by atoms with van der Waals surface area (Å²) in [5.41, 5.74) is 6.29. The smallest absolute Gasteiger partial charge is 0.261 e. The summed E-state index contributed by atoms with van der Waals surface area (Å²) < 4.78 is 5.58. The van der Waals surface area contributed by atoms with E-state index in [1.54, 1.807) is 29.2 Å². The molecule has 5 nitrogen and oxygen atoms in total. The molecule has 2 N–H and O–H groups in total. The molecule has 0 spiro atoms. The van der Waals surface area contributed by atoms with Crippen LogP contribution in [0.15, 0.2) is 54.6 Å². The van der Waals surface area contributed by atoms with Crippen molar-refractivity contribution >= 4 is 11.8 Å². The molecule has 2 amide bonds. The zero-order chi connectivity index (χ0) is 18.4. The van der Waals surface area contributed by atoms with Crippen LogP contribution in [0.25, 0.3) is 0 Å². The Bertz CT molecular complexity index is 736. The van der Waals surface area contributed by atoms with Crippen LogP contribution >= 0.6 is 0 Å². The molecule has 2 aromatic carbocycles. The van der Waals surface area contributed by atoms with Gasteiger partial charge >= 0.3 is 0 Å². The topological polar surface area (TPSA) is 72.6 Å². The first-order chi connectivity index (χ1) is 11.8. The second-order valence-corrected chi connectivity index (χ2v) is 6.79. The second kappa shape index (κ2) is 7.83. The van der Waals surface area contributed by atoms with Crippen LogP contribution in [-0.4, -0.2) is 28.9 Å². The molecule has 0 radical (unpaired) electrons. The Morgan fingerprint density at radius 2 is 1.60 bits per heavy atom. The monoisotopic (exact) mass is 340 g/mol. The molecule has 0 saturated carbocycles. The Kier molecular flexibility index (Phi) is 5.80. The van der Waals surface area contributed by atoms with E-state index in [-0.39, 0.29) is 23.6 Å². The van der Waals surface area contributed by atoms with Crippen molar-refractivity contribution in [1.29, 1.82) is 0 Å². The summed E-state index contributed by atoms with van der Waals surface area (Å²) in [6.45, 7) is 6.26. The summed E-state index contributed by atoms with van der Waals surface area (Å²) in [6, 6.07) is 16.4. The predicted octanol–water partition coefficient (Wildman–Crippen LogP) is 2.99. The third-order valence-corrected chi connectivity index (χ3v) is 3.80. The molecule has 0 unspecified atom stereocenters. The Balaban J connectivity index is 2.12. The van der Waals surface area contributed by atoms with Gasteiger partial charge in [-0.3, -0.25) is 9.59 Å². The van der Waals surface area contributed by atoms with Gasteiger partial charge in [0.25, 0.3) is 11.8 Å². The molecule has 0 bridgehead atoms. The lowest BCUT2D eigenvalue weighted by Crippen LogP contribution is -2.47. The first-order valence-electron chi connectivity index (χ1n) is 8.15. The average molecular weight is 340 g/mol. The van der Waals surface area contributed by atoms with Crippen molar-refractivity contribution in [3.63, 3.8) is 0 Å². The van der Waals surface area contributed by atoms with Crippen molar-refractivity contribution in [3.05, 3.63) is 65.7 Å². The van der Waals surface area contributed by atoms with E-state index in [1.807, 2.05) is 51.1 Å². The maximum atomic E-state index is 12.7. The van der Waals surface area contributed by atoms with Crippen molar-refractivity contribution in [2.24, 2.45) is 5.73 Å². The number of carbonyl (C=O) groups is 2. The number of hydrogen-bond acceptors (Lipinski definition) is 3. The Labute approximate surface area is 148 Å². The minimum absolute atomic E-state index is 0.157. The van der Waals surface area contributed by atoms with Gasteiger partial charge in [-0.05, 0) is 38.5 Å². The number of nitrogens with two attached hydrogens (primary N) is 1. The number of nitrogens with zero attached hydrogens (tertiary/aromatic N) is 1. The highest BCUT2D eigenvalue weighted by Crippen LogP contribution is 2.20. The SMILES string of the molecule is CC(C)(C)N(Cc1ccccc1)C(=O)COc1ccccc1C(N)=O. The van der Waals surface area contributed by atoms with Gasteiger partial charge in [-0.25, -0.2) is 0 Å². The van der Waals surface area contributed by atoms with Crippen LogP contribution in [0.5, 0.6) is 5.75 Å². The maximum Gasteiger partial charge on any atom is 0.261 e. The quantitative estimate of drug-likeness (QED) is 0.878. The van der Waals surface area contributed by atoms with Gasteiger partial charge in [0.1, 0.15) is 5.75 Å². The van der Waals surface area contributed by atoms with E-state index in [0.717, 1.165) is 5.56 Å². The van der Waals surface area contributed by atoms with Gasteiger partial charge in [0, 0.05) is 12.1 Å². The van der Waals surface area contributed by atoms with E-state index in [4.69, 9.17) is 10.5 Å². The van der Waals surface area contributed by atoms with Crippen molar-refractivity contribution in [3.8, 4) is 5.75 Å². The lowest BCUT2D eigenvalue weighted by molar-refractivity contribution is -0.139. The predicted molar refractivity (Wildman–Crippen MR) is 97.2 cm³/mol. The van der Waals surface area contributed by atoms with E-state index in [2.05, 4.69) is 0 Å². The van der Waals surface area contributed by atoms with Gasteiger partial charge in [0.05, 0.1) is 5.56 Å². The van der Waals surface area contributed by atoms with Crippen LogP contribution in [0.4, 0.5) is 0 Å². The molecular weight excluding hydrogens is 316 g/mol. The molecule has 0 saturated heterocycles. The summed E-state index contributed by atoms with van der Waals surface area (Å²) in [6.07, 6.45) is 0. The molecule has 0 aliphatic rings. The van der Waals surface area contributed by atoms with Gasteiger partial charge in [0.15, 0.2) is 6.61 Å². The zero-order valence-electron chi connectivity index (χ0n) is 14.9. The highest BCUT2D eigenvalue weighted by atomic mass is 16.5. The van der Waals surface area contributed by atoms with E-state index < -0.39 is 5.91 Å². The normalized spacial score (nSPS) is 11.0. The lowest BCUT2D eigenvalue weighted by Gasteiger charge is -2.36. The molecule has 25 heavy (non-hydrogen) atoms. The molecule has 2 rings (SSSR count). The first-order valence-corrected chi connectivity index (χ1v) is 8.15. The molecule has 0 aromatic heterocycles. The molecule has 132 valence electrons. The van der Waals surface area contributed by atoms with E-state index in [9.17, 15) is 9.59 Å². The van der Waals surface area contributed by atoms with Crippen molar-refractivity contribution < 1.29 is 14.3 Å². The number of para-hydroxylation sites is 1. The van der Waals surface area contributed by atoms with E-state index in [1.165, 1.54) is 0 Å². The van der Waals surface area contributed by atoms with Crippen LogP contribution in [0.2, 0.25) is 0 Å². The van der Waals surface area contributed by atoms with Crippen LogP contribution in [0, 0.1) is 0 Å². The number of benzene rings is 2. The Morgan fingerprint density at radius 1 is 1.00 bits per heavy atom. The standard InChI is InChI=1S/C20H24N2O3/c1-20(2,3)22(13-15-9-5-4-6-10-15)18(23)14-25-17-12-8-7-11-16(17)19(21)24/h4-12H,13-14H2,1-3H3,(H2,21,24). The van der Waals surface area contributed by atoms with Gasteiger partial charge in [-0.1, -0.05) is 42.5 Å². The molecule has 0 heterocycles. The molecule has 5 heteroatoms. The first kappa shape index (κ1) is 18.5. The van der Waals surface area contributed by atoms with Crippen LogP contribution in [0.3, 0.4) is 0 Å². The molecule has 0 atom stereocenters. The lowest BCUT2D eigenvalue weighted by atomic mass is 10.0. The fraction of sp³-hybridized carbons (Fsp3) is 0.300. The summed E-state index contributed by atoms with van der Waals surface area (Å²) in [7, 11) is 0. The Hall–Kier alpha value is -2.82. The summed E-state index contributed by atoms with van der Waals surface area (Å²) in [4.78, 5) is 25.9.